The topological polar surface area (TPSA) is 39.9 Å². The van der Waals surface area contributed by atoms with E-state index in [2.05, 4.69) is 22.5 Å². The zero-order valence-corrected chi connectivity index (χ0v) is 12.8. The summed E-state index contributed by atoms with van der Waals surface area (Å²) < 4.78 is 7.51. The Morgan fingerprint density at radius 2 is 2.35 bits per heavy atom. The molecular formula is C14H19N4OS+. The van der Waals surface area contributed by atoms with Crippen LogP contribution in [-0.2, 0) is 0 Å². The number of nitrogens with one attached hydrogen (secondary N) is 1. The van der Waals surface area contributed by atoms with Gasteiger partial charge < -0.3 is 9.64 Å². The van der Waals surface area contributed by atoms with E-state index in [0.29, 0.717) is 6.61 Å². The molecular weight excluding hydrogens is 272 g/mol. The van der Waals surface area contributed by atoms with E-state index in [1.165, 1.54) is 0 Å². The van der Waals surface area contributed by atoms with Gasteiger partial charge in [-0.1, -0.05) is 12.2 Å². The number of fused-ring (bicyclic) bond motifs is 1. The highest BCUT2D eigenvalue weighted by atomic mass is 32.1. The number of benzene rings is 1. The predicted octanol–water partition coefficient (Wildman–Crippen LogP) is 1.97. The molecule has 0 unspecified atom stereocenters. The van der Waals surface area contributed by atoms with Crippen molar-refractivity contribution in [3.05, 3.63) is 18.2 Å². The van der Waals surface area contributed by atoms with Gasteiger partial charge >= 0.3 is 5.84 Å². The molecule has 6 heteroatoms. The Balaban J connectivity index is 2.13. The van der Waals surface area contributed by atoms with Crippen molar-refractivity contribution in [3.63, 3.8) is 0 Å². The van der Waals surface area contributed by atoms with Gasteiger partial charge in [0.25, 0.3) is 0 Å². The second-order valence-electron chi connectivity index (χ2n) is 4.62. The number of hydrogen-bond donors (Lipinski definition) is 1. The van der Waals surface area contributed by atoms with Gasteiger partial charge in [-0.15, -0.1) is 0 Å². The molecule has 1 aliphatic rings. The number of hydrogen-bond acceptors (Lipinski definition) is 5. The Hall–Kier alpha value is -1.95. The lowest BCUT2D eigenvalue weighted by Gasteiger charge is -2.27. The first-order valence-electron chi connectivity index (χ1n) is 6.41. The molecule has 0 aliphatic carbocycles. The molecule has 0 aromatic heterocycles. The smallest absolute Gasteiger partial charge is 0.320 e. The van der Waals surface area contributed by atoms with Crippen molar-refractivity contribution in [1.29, 1.82) is 0 Å². The van der Waals surface area contributed by atoms with Gasteiger partial charge in [0.05, 0.1) is 25.0 Å². The van der Waals surface area contributed by atoms with Gasteiger partial charge in [0.1, 0.15) is 18.6 Å². The van der Waals surface area contributed by atoms with Gasteiger partial charge in [0.2, 0.25) is 0 Å². The molecule has 0 saturated carbocycles. The van der Waals surface area contributed by atoms with Crippen LogP contribution < -0.4 is 15.1 Å². The van der Waals surface area contributed by atoms with Gasteiger partial charge in [-0.25, -0.2) is 4.58 Å². The van der Waals surface area contributed by atoms with Gasteiger partial charge in [-0.05, 0) is 12.1 Å². The minimum absolute atomic E-state index is 0.710. The Bertz CT molecular complexity index is 568. The van der Waals surface area contributed by atoms with Crippen molar-refractivity contribution >= 4 is 41.0 Å². The second-order valence-corrected chi connectivity index (χ2v) is 4.89. The fraction of sp³-hybridized carbons (Fsp3) is 0.357. The molecule has 0 atom stereocenters. The molecule has 1 aromatic carbocycles. The summed E-state index contributed by atoms with van der Waals surface area (Å²) in [5.74, 6) is 1.71. The molecule has 106 valence electrons. The van der Waals surface area contributed by atoms with Gasteiger partial charge in [0, 0.05) is 30.5 Å². The Morgan fingerprint density at radius 3 is 3.10 bits per heavy atom. The summed E-state index contributed by atoms with van der Waals surface area (Å²) >= 11 is 4.78. The lowest BCUT2D eigenvalue weighted by Crippen LogP contribution is -2.28. The molecule has 1 aliphatic heterocycles. The van der Waals surface area contributed by atoms with E-state index in [1.54, 1.807) is 11.6 Å². The van der Waals surface area contributed by atoms with Gasteiger partial charge in [0.15, 0.2) is 0 Å². The quantitative estimate of drug-likeness (QED) is 0.304. The van der Waals surface area contributed by atoms with Crippen LogP contribution in [0.3, 0.4) is 0 Å². The lowest BCUT2D eigenvalue weighted by atomic mass is 10.2. The predicted molar refractivity (Wildman–Crippen MR) is 87.8 cm³/mol. The number of ether oxygens (including phenoxy) is 1. The van der Waals surface area contributed by atoms with Gasteiger partial charge in [-0.2, -0.15) is 5.43 Å². The molecule has 5 nitrogen and oxygen atoms in total. The zero-order chi connectivity index (χ0) is 14.5. The summed E-state index contributed by atoms with van der Waals surface area (Å²) in [6, 6.07) is 5.99. The third-order valence-corrected chi connectivity index (χ3v) is 3.32. The van der Waals surface area contributed by atoms with Crippen molar-refractivity contribution in [2.75, 3.05) is 37.6 Å². The van der Waals surface area contributed by atoms with E-state index < -0.39 is 0 Å². The average molecular weight is 291 g/mol. The molecule has 1 aromatic rings. The summed E-state index contributed by atoms with van der Waals surface area (Å²) in [4.78, 5) is 2.18. The van der Waals surface area contributed by atoms with E-state index in [9.17, 15) is 0 Å². The number of anilines is 2. The summed E-state index contributed by atoms with van der Waals surface area (Å²) in [7, 11) is 3.96. The third kappa shape index (κ3) is 3.33. The lowest BCUT2D eigenvalue weighted by molar-refractivity contribution is -0.364. The second kappa shape index (κ2) is 6.47. The average Bonchev–Trinajstić information content (AvgIpc) is 2.45. The fourth-order valence-electron chi connectivity index (χ4n) is 1.85. The monoisotopic (exact) mass is 291 g/mol. The van der Waals surface area contributed by atoms with Crippen LogP contribution in [-0.4, -0.2) is 49.2 Å². The van der Waals surface area contributed by atoms with Crippen molar-refractivity contribution in [2.45, 2.75) is 6.92 Å². The summed E-state index contributed by atoms with van der Waals surface area (Å²) in [6.07, 6.45) is 1.78. The number of thiocarbonyl (C=S) groups is 1. The maximum Gasteiger partial charge on any atom is 0.320 e. The Morgan fingerprint density at radius 1 is 1.55 bits per heavy atom. The van der Waals surface area contributed by atoms with Crippen LogP contribution in [0, 0.1) is 0 Å². The van der Waals surface area contributed by atoms with Crippen LogP contribution in [0.4, 0.5) is 11.4 Å². The van der Waals surface area contributed by atoms with E-state index >= 15 is 0 Å². The number of likely N-dealkylation sites (N-methyl/N-ethyl adjacent to an activating group) is 1. The van der Waals surface area contributed by atoms with Crippen molar-refractivity contribution in [2.24, 2.45) is 5.10 Å². The molecule has 1 heterocycles. The largest absolute Gasteiger partial charge is 0.489 e. The maximum atomic E-state index is 5.66. The molecule has 0 fully saturated rings. The highest BCUT2D eigenvalue weighted by molar-refractivity contribution is 7.80. The van der Waals surface area contributed by atoms with E-state index in [0.717, 1.165) is 29.5 Å². The van der Waals surface area contributed by atoms with E-state index in [1.807, 2.05) is 36.7 Å². The summed E-state index contributed by atoms with van der Waals surface area (Å²) in [5.41, 5.74) is 5.03. The third-order valence-electron chi connectivity index (χ3n) is 3.20. The number of hydrazone groups is 1. The Kier molecular flexibility index (Phi) is 4.68. The van der Waals surface area contributed by atoms with Crippen LogP contribution in [0.2, 0.25) is 0 Å². The van der Waals surface area contributed by atoms with Crippen molar-refractivity contribution < 1.29 is 9.31 Å². The number of rotatable bonds is 3. The van der Waals surface area contributed by atoms with Crippen LogP contribution in [0.15, 0.2) is 23.3 Å². The number of nitrogens with zero attached hydrogens (tertiary/aromatic N) is 3. The summed E-state index contributed by atoms with van der Waals surface area (Å²) in [5, 5.41) is 5.86. The molecule has 0 bridgehead atoms. The standard InChI is InChI=1S/C14H18N4OS/c1-11(17(2)7-9-20)15-16-12-4-5-13-14(10-12)19-8-6-18(13)3/h4-5,7,9-10H,6,8H2,1-3H3/p+1. The van der Waals surface area contributed by atoms with Crippen LogP contribution in [0.25, 0.3) is 0 Å². The molecule has 20 heavy (non-hydrogen) atoms. The van der Waals surface area contributed by atoms with Crippen molar-refractivity contribution in [3.8, 4) is 5.75 Å². The van der Waals surface area contributed by atoms with E-state index in [4.69, 9.17) is 17.0 Å². The highest BCUT2D eigenvalue weighted by Gasteiger charge is 2.15. The normalized spacial score (nSPS) is 15.4. The molecule has 2 rings (SSSR count). The minimum atomic E-state index is 0.710. The fourth-order valence-corrected chi connectivity index (χ4v) is 2.03. The van der Waals surface area contributed by atoms with Crippen molar-refractivity contribution in [1.82, 2.24) is 0 Å². The molecule has 0 spiro atoms. The van der Waals surface area contributed by atoms with Crippen LogP contribution >= 0.6 is 12.2 Å². The first-order valence-corrected chi connectivity index (χ1v) is 6.88. The first-order chi connectivity index (χ1) is 9.61. The maximum absolute atomic E-state index is 5.66. The SMILES string of the molecule is CC(=NNc1ccc2c(c1)OCCN2C)[N+](C)=CC=S. The number of amidine groups is 1. The van der Waals surface area contributed by atoms with Gasteiger partial charge in [-0.3, -0.25) is 0 Å². The molecule has 1 N–H and O–H groups in total. The molecule has 0 radical (unpaired) electrons. The Labute approximate surface area is 124 Å². The molecule has 0 amide bonds. The van der Waals surface area contributed by atoms with Crippen LogP contribution in [0.1, 0.15) is 6.92 Å². The summed E-state index contributed by atoms with van der Waals surface area (Å²) in [6.45, 7) is 3.53. The minimum Gasteiger partial charge on any atom is -0.489 e. The highest BCUT2D eigenvalue weighted by Crippen LogP contribution is 2.33. The van der Waals surface area contributed by atoms with Crippen LogP contribution in [0.5, 0.6) is 5.75 Å². The van der Waals surface area contributed by atoms with E-state index in [-0.39, 0.29) is 0 Å². The first kappa shape index (κ1) is 14.5. The molecule has 0 saturated heterocycles. The zero-order valence-electron chi connectivity index (χ0n) is 12.0.